The van der Waals surface area contributed by atoms with Crippen molar-refractivity contribution < 1.29 is 37.3 Å². The maximum absolute atomic E-state index is 13.8. The van der Waals surface area contributed by atoms with Gasteiger partial charge in [-0.1, -0.05) is 13.3 Å². The molecule has 0 aliphatic carbocycles. The highest BCUT2D eigenvalue weighted by molar-refractivity contribution is 7.89. The Hall–Kier alpha value is -2.61. The van der Waals surface area contributed by atoms with Crippen LogP contribution in [0.25, 0.3) is 0 Å². The number of hydrogen-bond acceptors (Lipinski definition) is 9. The van der Waals surface area contributed by atoms with Crippen LogP contribution < -0.4 is 14.2 Å². The molecule has 1 unspecified atom stereocenters. The van der Waals surface area contributed by atoms with Crippen molar-refractivity contribution in [1.29, 1.82) is 0 Å². The zero-order chi connectivity index (χ0) is 31.1. The third-order valence-electron chi connectivity index (χ3n) is 8.78. The first-order valence-electron chi connectivity index (χ1n) is 15.4. The highest BCUT2D eigenvalue weighted by Crippen LogP contribution is 2.47. The Morgan fingerprint density at radius 2 is 1.86 bits per heavy atom. The van der Waals surface area contributed by atoms with Gasteiger partial charge in [-0.05, 0) is 70.4 Å². The summed E-state index contributed by atoms with van der Waals surface area (Å²) in [6.07, 6.45) is 4.62. The number of carboxylic acids is 1. The molecule has 1 amide bonds. The minimum atomic E-state index is -3.34. The van der Waals surface area contributed by atoms with Gasteiger partial charge in [0.25, 0.3) is 0 Å². The van der Waals surface area contributed by atoms with Crippen molar-refractivity contribution in [2.24, 2.45) is 5.92 Å². The molecule has 43 heavy (non-hydrogen) atoms. The predicted octanol–water partition coefficient (Wildman–Crippen LogP) is 2.29. The van der Waals surface area contributed by atoms with E-state index < -0.39 is 33.9 Å². The first-order chi connectivity index (χ1) is 20.6. The van der Waals surface area contributed by atoms with Crippen LogP contribution in [0.1, 0.15) is 56.9 Å². The van der Waals surface area contributed by atoms with Crippen molar-refractivity contribution in [3.63, 3.8) is 0 Å². The number of benzene rings is 1. The predicted molar refractivity (Wildman–Crippen MR) is 162 cm³/mol. The number of carbonyl (C=O) groups is 2. The van der Waals surface area contributed by atoms with E-state index in [1.165, 1.54) is 11.4 Å². The van der Waals surface area contributed by atoms with E-state index >= 15 is 0 Å². The molecule has 2 saturated heterocycles. The maximum atomic E-state index is 13.8. The summed E-state index contributed by atoms with van der Waals surface area (Å²) in [5, 5.41) is 10.6. The number of aliphatic carboxylic acids is 1. The second kappa shape index (κ2) is 14.9. The van der Waals surface area contributed by atoms with Gasteiger partial charge in [-0.2, -0.15) is 0 Å². The number of ether oxygens (including phenoxy) is 3. The number of nitrogens with zero attached hydrogens (tertiary/aromatic N) is 4. The molecule has 0 bridgehead atoms. The topological polar surface area (TPSA) is 129 Å². The summed E-state index contributed by atoms with van der Waals surface area (Å²) in [5.74, 6) is -0.752. The summed E-state index contributed by atoms with van der Waals surface area (Å²) >= 11 is 0. The molecule has 242 valence electrons. The number of amides is 1. The summed E-state index contributed by atoms with van der Waals surface area (Å²) in [6.45, 7) is 5.49. The number of carbonyl (C=O) groups excluding carboxylic acids is 1. The Bertz CT molecular complexity index is 1230. The molecule has 13 heteroatoms. The van der Waals surface area contributed by atoms with Gasteiger partial charge in [0.15, 0.2) is 11.5 Å². The zero-order valence-corrected chi connectivity index (χ0v) is 26.8. The van der Waals surface area contributed by atoms with Crippen LogP contribution in [-0.4, -0.2) is 130 Å². The summed E-state index contributed by atoms with van der Waals surface area (Å²) in [6, 6.07) is 3.07. The Labute approximate surface area is 255 Å². The SMILES string of the molecule is CCCCN(CCCCN(C)C)C(=O)CN1C[C@H](c2cc(OC)c3c(c2)OCO3)C(C(=O)O)[C@@H]1CCN1CCCS1(=O)=O. The summed E-state index contributed by atoms with van der Waals surface area (Å²) in [7, 11) is 2.25. The fourth-order valence-electron chi connectivity index (χ4n) is 6.49. The van der Waals surface area contributed by atoms with E-state index in [1.807, 2.05) is 23.9 Å². The van der Waals surface area contributed by atoms with Crippen LogP contribution in [-0.2, 0) is 19.6 Å². The van der Waals surface area contributed by atoms with Crippen LogP contribution in [0.5, 0.6) is 17.2 Å². The molecule has 1 aromatic rings. The van der Waals surface area contributed by atoms with Gasteiger partial charge in [0, 0.05) is 44.7 Å². The molecular weight excluding hydrogens is 576 g/mol. The van der Waals surface area contributed by atoms with Crippen molar-refractivity contribution >= 4 is 21.9 Å². The fraction of sp³-hybridized carbons (Fsp3) is 0.733. The molecule has 3 aliphatic heterocycles. The highest BCUT2D eigenvalue weighted by atomic mass is 32.2. The van der Waals surface area contributed by atoms with Gasteiger partial charge < -0.3 is 29.1 Å². The van der Waals surface area contributed by atoms with E-state index in [1.54, 1.807) is 12.1 Å². The molecule has 12 nitrogen and oxygen atoms in total. The summed E-state index contributed by atoms with van der Waals surface area (Å²) in [5.41, 5.74) is 0.730. The minimum Gasteiger partial charge on any atom is -0.493 e. The first kappa shape index (κ1) is 33.3. The van der Waals surface area contributed by atoms with Crippen molar-refractivity contribution in [2.75, 3.05) is 79.6 Å². The first-order valence-corrected chi connectivity index (χ1v) is 17.0. The van der Waals surface area contributed by atoms with Crippen LogP contribution >= 0.6 is 0 Å². The van der Waals surface area contributed by atoms with E-state index in [4.69, 9.17) is 14.2 Å². The molecule has 2 fully saturated rings. The Morgan fingerprint density at radius 3 is 2.51 bits per heavy atom. The Kier molecular flexibility index (Phi) is 11.5. The fourth-order valence-corrected chi connectivity index (χ4v) is 8.03. The summed E-state index contributed by atoms with van der Waals surface area (Å²) in [4.78, 5) is 32.7. The average Bonchev–Trinajstić information content (AvgIpc) is 3.67. The number of sulfonamides is 1. The number of unbranched alkanes of at least 4 members (excludes halogenated alkanes) is 2. The Morgan fingerprint density at radius 1 is 1.12 bits per heavy atom. The number of methoxy groups -OCH3 is 1. The maximum Gasteiger partial charge on any atom is 0.308 e. The molecule has 4 rings (SSSR count). The van der Waals surface area contributed by atoms with Crippen LogP contribution in [0, 0.1) is 5.92 Å². The van der Waals surface area contributed by atoms with Crippen LogP contribution in [0.2, 0.25) is 0 Å². The molecular formula is C30H48N4O8S. The summed E-state index contributed by atoms with van der Waals surface area (Å²) < 4.78 is 43.3. The van der Waals surface area contributed by atoms with Gasteiger partial charge in [0.2, 0.25) is 28.5 Å². The van der Waals surface area contributed by atoms with Gasteiger partial charge in [0.1, 0.15) is 0 Å². The van der Waals surface area contributed by atoms with Crippen LogP contribution in [0.4, 0.5) is 0 Å². The molecule has 1 N–H and O–H groups in total. The second-order valence-corrected chi connectivity index (χ2v) is 14.1. The van der Waals surface area contributed by atoms with Crippen molar-refractivity contribution in [2.45, 2.75) is 57.4 Å². The van der Waals surface area contributed by atoms with Gasteiger partial charge in [-0.3, -0.25) is 14.5 Å². The standard InChI is InChI=1S/C30H48N4O8S/c1-5-6-12-32(13-8-7-11-31(2)3)27(35)20-33-19-23(22-17-25(40-4)29-26(18-22)41-21-42-29)28(30(36)37)24(33)10-15-34-14-9-16-43(34,38)39/h17-18,23-24,28H,5-16,19-21H2,1-4H3,(H,36,37)/t23-,24+,28?/m1/s1. The van der Waals surface area contributed by atoms with Gasteiger partial charge in [0.05, 0.1) is 25.3 Å². The second-order valence-electron chi connectivity index (χ2n) is 12.0. The Balaban J connectivity index is 1.59. The molecule has 0 radical (unpaired) electrons. The number of hydrogen-bond donors (Lipinski definition) is 1. The zero-order valence-electron chi connectivity index (χ0n) is 26.0. The van der Waals surface area contributed by atoms with Crippen molar-refractivity contribution in [1.82, 2.24) is 19.0 Å². The van der Waals surface area contributed by atoms with E-state index in [9.17, 15) is 23.1 Å². The largest absolute Gasteiger partial charge is 0.493 e. The normalized spacial score (nSPS) is 23.2. The molecule has 3 aliphatic rings. The molecule has 0 spiro atoms. The van der Waals surface area contributed by atoms with E-state index in [-0.39, 0.29) is 31.5 Å². The highest BCUT2D eigenvalue weighted by Gasteiger charge is 2.48. The van der Waals surface area contributed by atoms with Crippen molar-refractivity contribution in [3.8, 4) is 17.2 Å². The van der Waals surface area contributed by atoms with Gasteiger partial charge >= 0.3 is 5.97 Å². The average molecular weight is 625 g/mol. The quantitative estimate of drug-likeness (QED) is 0.274. The monoisotopic (exact) mass is 624 g/mol. The number of likely N-dealkylation sites (tertiary alicyclic amines) is 1. The van der Waals surface area contributed by atoms with Gasteiger partial charge in [-0.15, -0.1) is 0 Å². The van der Waals surface area contributed by atoms with Crippen LogP contribution in [0.3, 0.4) is 0 Å². The molecule has 3 heterocycles. The van der Waals surface area contributed by atoms with E-state index in [2.05, 4.69) is 11.8 Å². The number of rotatable bonds is 16. The van der Waals surface area contributed by atoms with E-state index in [0.717, 1.165) is 37.8 Å². The lowest BCUT2D eigenvalue weighted by atomic mass is 9.84. The minimum absolute atomic E-state index is 0.0230. The smallest absolute Gasteiger partial charge is 0.308 e. The van der Waals surface area contributed by atoms with E-state index in [0.29, 0.717) is 56.3 Å². The molecule has 0 saturated carbocycles. The molecule has 0 aromatic heterocycles. The number of carboxylic acid groups (broad SMARTS) is 1. The third kappa shape index (κ3) is 8.11. The molecule has 3 atom stereocenters. The lowest BCUT2D eigenvalue weighted by Crippen LogP contribution is -2.45. The molecule has 1 aromatic carbocycles. The third-order valence-corrected chi connectivity index (χ3v) is 10.7. The number of fused-ring (bicyclic) bond motifs is 1. The lowest BCUT2D eigenvalue weighted by molar-refractivity contribution is -0.143. The van der Waals surface area contributed by atoms with Gasteiger partial charge in [-0.25, -0.2) is 12.7 Å². The lowest BCUT2D eigenvalue weighted by Gasteiger charge is -2.30. The van der Waals surface area contributed by atoms with Crippen molar-refractivity contribution in [3.05, 3.63) is 17.7 Å². The van der Waals surface area contributed by atoms with Crippen LogP contribution in [0.15, 0.2) is 12.1 Å².